The number of benzene rings is 3. The summed E-state index contributed by atoms with van der Waals surface area (Å²) in [4.78, 5) is 28.0. The molecule has 0 bridgehead atoms. The Morgan fingerprint density at radius 2 is 1.84 bits per heavy atom. The van der Waals surface area contributed by atoms with Gasteiger partial charge in [-0.3, -0.25) is 14.9 Å². The molecule has 0 spiro atoms. The second-order valence-corrected chi connectivity index (χ2v) is 9.85. The first-order valence-electron chi connectivity index (χ1n) is 11.1. The Bertz CT molecular complexity index is 1370. The van der Waals surface area contributed by atoms with Gasteiger partial charge < -0.3 is 19.5 Å². The number of nitro benzene ring substituents is 1. The molecule has 0 aromatic heterocycles. The van der Waals surface area contributed by atoms with Crippen LogP contribution in [0.2, 0.25) is 0 Å². The van der Waals surface area contributed by atoms with Gasteiger partial charge in [0.1, 0.15) is 12.4 Å². The van der Waals surface area contributed by atoms with E-state index in [0.29, 0.717) is 33.9 Å². The molecule has 0 radical (unpaired) electrons. The Hall–Kier alpha value is -3.58. The minimum absolute atomic E-state index is 0.0230. The predicted molar refractivity (Wildman–Crippen MR) is 152 cm³/mol. The van der Waals surface area contributed by atoms with Crippen LogP contribution in [0.1, 0.15) is 18.1 Å². The minimum Gasteiger partial charge on any atom is -0.494 e. The van der Waals surface area contributed by atoms with E-state index in [1.807, 2.05) is 37.3 Å². The van der Waals surface area contributed by atoms with Gasteiger partial charge in [0.05, 0.1) is 32.8 Å². The summed E-state index contributed by atoms with van der Waals surface area (Å²) >= 11 is 3.40. The highest BCUT2D eigenvalue weighted by atomic mass is 127. The molecule has 11 heteroatoms. The Kier molecular flexibility index (Phi) is 8.66. The number of nitrogens with zero attached hydrogens (tertiary/aromatic N) is 2. The van der Waals surface area contributed by atoms with Gasteiger partial charge in [0.25, 0.3) is 11.6 Å². The number of thioether (sulfide) groups is 1. The number of carbonyl (C=O) groups excluding carboxylic acids is 1. The molecule has 3 aromatic carbocycles. The second kappa shape index (κ2) is 12.1. The largest absolute Gasteiger partial charge is 0.494 e. The summed E-state index contributed by atoms with van der Waals surface area (Å²) in [6.07, 6.45) is 1.77. The maximum atomic E-state index is 12.5. The molecule has 4 rings (SSSR count). The molecule has 3 aromatic rings. The van der Waals surface area contributed by atoms with Crippen LogP contribution in [0.3, 0.4) is 0 Å². The van der Waals surface area contributed by atoms with Crippen molar-refractivity contribution in [2.45, 2.75) is 13.5 Å². The average molecular weight is 631 g/mol. The number of methoxy groups -OCH3 is 1. The quantitative estimate of drug-likeness (QED) is 0.132. The Balaban J connectivity index is 1.48. The van der Waals surface area contributed by atoms with Crippen LogP contribution in [0.5, 0.6) is 17.2 Å². The van der Waals surface area contributed by atoms with E-state index in [-0.39, 0.29) is 18.2 Å². The van der Waals surface area contributed by atoms with Crippen molar-refractivity contribution < 1.29 is 23.9 Å². The third-order valence-electron chi connectivity index (χ3n) is 5.11. The van der Waals surface area contributed by atoms with Gasteiger partial charge in [0.2, 0.25) is 0 Å². The van der Waals surface area contributed by atoms with Gasteiger partial charge in [-0.15, -0.1) is 0 Å². The fourth-order valence-corrected chi connectivity index (χ4v) is 4.99. The van der Waals surface area contributed by atoms with Crippen molar-refractivity contribution in [3.63, 3.8) is 0 Å². The molecule has 1 heterocycles. The summed E-state index contributed by atoms with van der Waals surface area (Å²) in [7, 11) is 1.54. The molecule has 1 fully saturated rings. The molecule has 0 aliphatic carbocycles. The first-order valence-corrected chi connectivity index (χ1v) is 13.0. The van der Waals surface area contributed by atoms with E-state index < -0.39 is 4.92 Å². The second-order valence-electron chi connectivity index (χ2n) is 7.65. The van der Waals surface area contributed by atoms with Crippen molar-refractivity contribution in [3.8, 4) is 17.2 Å². The van der Waals surface area contributed by atoms with Crippen LogP contribution in [0, 0.1) is 13.7 Å². The number of non-ortho nitro benzene ring substituents is 1. The van der Waals surface area contributed by atoms with Crippen LogP contribution in [0.25, 0.3) is 6.08 Å². The lowest BCUT2D eigenvalue weighted by atomic mass is 10.1. The fourth-order valence-electron chi connectivity index (χ4n) is 3.37. The number of carbonyl (C=O) groups is 1. The highest BCUT2D eigenvalue weighted by Gasteiger charge is 2.24. The van der Waals surface area contributed by atoms with Gasteiger partial charge in [0.15, 0.2) is 16.7 Å². The molecule has 190 valence electrons. The van der Waals surface area contributed by atoms with Gasteiger partial charge in [-0.05, 0) is 107 Å². The molecule has 9 nitrogen and oxygen atoms in total. The molecule has 37 heavy (non-hydrogen) atoms. The SMILES string of the molecule is CCOc1ccc(N=C2NC(=O)/C(=C\c3cc(I)c(OCc4ccc([N+](=O)[O-])cc4)c(OC)c3)S2)cc1. The third kappa shape index (κ3) is 6.80. The van der Waals surface area contributed by atoms with E-state index in [0.717, 1.165) is 20.4 Å². The number of nitrogens with one attached hydrogen (secondary N) is 1. The minimum atomic E-state index is -0.443. The van der Waals surface area contributed by atoms with Crippen LogP contribution in [-0.2, 0) is 11.4 Å². The molecular weight excluding hydrogens is 609 g/mol. The molecule has 1 aliphatic heterocycles. The zero-order chi connectivity index (χ0) is 26.4. The van der Waals surface area contributed by atoms with E-state index in [1.54, 1.807) is 31.4 Å². The summed E-state index contributed by atoms with van der Waals surface area (Å²) in [6.45, 7) is 2.73. The number of halogens is 1. The molecule has 0 atom stereocenters. The number of rotatable bonds is 9. The van der Waals surface area contributed by atoms with E-state index in [9.17, 15) is 14.9 Å². The Morgan fingerprint density at radius 1 is 1.11 bits per heavy atom. The molecule has 0 saturated carbocycles. The zero-order valence-electron chi connectivity index (χ0n) is 19.9. The van der Waals surface area contributed by atoms with Crippen LogP contribution in [0.4, 0.5) is 11.4 Å². The molecule has 1 N–H and O–H groups in total. The monoisotopic (exact) mass is 631 g/mol. The number of hydrogen-bond donors (Lipinski definition) is 1. The van der Waals surface area contributed by atoms with Crippen molar-refractivity contribution in [2.75, 3.05) is 13.7 Å². The van der Waals surface area contributed by atoms with E-state index in [1.165, 1.54) is 23.9 Å². The summed E-state index contributed by atoms with van der Waals surface area (Å²) < 4.78 is 17.7. The first-order chi connectivity index (χ1) is 17.9. The van der Waals surface area contributed by atoms with Crippen molar-refractivity contribution in [3.05, 3.63) is 90.4 Å². The maximum Gasteiger partial charge on any atom is 0.269 e. The highest BCUT2D eigenvalue weighted by Crippen LogP contribution is 2.36. The third-order valence-corrected chi connectivity index (χ3v) is 6.82. The maximum absolute atomic E-state index is 12.5. The fraction of sp³-hybridized carbons (Fsp3) is 0.154. The van der Waals surface area contributed by atoms with Gasteiger partial charge >= 0.3 is 0 Å². The lowest BCUT2D eigenvalue weighted by Gasteiger charge is -2.14. The van der Waals surface area contributed by atoms with E-state index in [2.05, 4.69) is 32.9 Å². The zero-order valence-corrected chi connectivity index (χ0v) is 22.9. The lowest BCUT2D eigenvalue weighted by Crippen LogP contribution is -2.19. The number of aliphatic imine (C=N–C) groups is 1. The number of amides is 1. The summed E-state index contributed by atoms with van der Waals surface area (Å²) in [5.41, 5.74) is 2.28. The molecule has 1 saturated heterocycles. The predicted octanol–water partition coefficient (Wildman–Crippen LogP) is 6.08. The summed E-state index contributed by atoms with van der Waals surface area (Å²) in [5, 5.41) is 14.1. The van der Waals surface area contributed by atoms with Gasteiger partial charge in [-0.1, -0.05) is 0 Å². The van der Waals surface area contributed by atoms with Gasteiger partial charge in [-0.2, -0.15) is 0 Å². The first kappa shape index (κ1) is 26.5. The highest BCUT2D eigenvalue weighted by molar-refractivity contribution is 14.1. The molecule has 1 aliphatic rings. The van der Waals surface area contributed by atoms with Crippen molar-refractivity contribution in [1.29, 1.82) is 0 Å². The van der Waals surface area contributed by atoms with Crippen molar-refractivity contribution >= 4 is 62.9 Å². The molecule has 1 amide bonds. The molecular formula is C26H22IN3O6S. The van der Waals surface area contributed by atoms with Crippen LogP contribution in [0.15, 0.2) is 70.6 Å². The van der Waals surface area contributed by atoms with Gasteiger partial charge in [-0.25, -0.2) is 4.99 Å². The van der Waals surface area contributed by atoms with Crippen LogP contribution >= 0.6 is 34.4 Å². The smallest absolute Gasteiger partial charge is 0.269 e. The normalized spacial score (nSPS) is 15.1. The van der Waals surface area contributed by atoms with Crippen LogP contribution < -0.4 is 19.5 Å². The van der Waals surface area contributed by atoms with Crippen LogP contribution in [-0.4, -0.2) is 29.7 Å². The number of ether oxygens (including phenoxy) is 3. The van der Waals surface area contributed by atoms with Crippen molar-refractivity contribution in [1.82, 2.24) is 5.32 Å². The average Bonchev–Trinajstić information content (AvgIpc) is 3.22. The summed E-state index contributed by atoms with van der Waals surface area (Å²) in [5.74, 6) is 1.58. The van der Waals surface area contributed by atoms with E-state index >= 15 is 0 Å². The number of amidine groups is 1. The molecule has 0 unspecified atom stereocenters. The van der Waals surface area contributed by atoms with Crippen molar-refractivity contribution in [2.24, 2.45) is 4.99 Å². The van der Waals surface area contributed by atoms with Gasteiger partial charge in [0, 0.05) is 12.1 Å². The number of hydrogen-bond acceptors (Lipinski definition) is 8. The Morgan fingerprint density at radius 3 is 2.49 bits per heavy atom. The lowest BCUT2D eigenvalue weighted by molar-refractivity contribution is -0.384. The number of nitro groups is 1. The van der Waals surface area contributed by atoms with E-state index in [4.69, 9.17) is 14.2 Å². The standard InChI is InChI=1S/C26H22IN3O6S/c1-3-35-20-10-6-18(7-11-20)28-26-29-25(31)23(37-26)14-17-12-21(27)24(22(13-17)34-2)36-15-16-4-8-19(9-5-16)30(32)33/h4-14H,3,15H2,1-2H3,(H,28,29,31)/b23-14+. The summed E-state index contributed by atoms with van der Waals surface area (Å²) in [6, 6.07) is 17.2. The Labute approximate surface area is 231 Å². The topological polar surface area (TPSA) is 112 Å².